The largest absolute Gasteiger partial charge is 0.480 e. The van der Waals surface area contributed by atoms with Crippen molar-refractivity contribution in [2.24, 2.45) is 0 Å². The van der Waals surface area contributed by atoms with Gasteiger partial charge in [0.05, 0.1) is 6.61 Å². The quantitative estimate of drug-likeness (QED) is 0.466. The Labute approximate surface area is 102 Å². The number of aliphatic hydroxyl groups is 1. The molecule has 0 aromatic rings. The lowest BCUT2D eigenvalue weighted by Crippen LogP contribution is -2.50. The number of hydrogen-bond donors (Lipinski definition) is 4. The van der Waals surface area contributed by atoms with Crippen molar-refractivity contribution >= 4 is 22.8 Å². The Kier molecular flexibility index (Phi) is 7.47. The summed E-state index contributed by atoms with van der Waals surface area (Å²) in [4.78, 5) is 21.8. The summed E-state index contributed by atoms with van der Waals surface area (Å²) in [6, 6.07) is -2.20. The number of carbonyl (C=O) groups excluding carboxylic acids is 1. The van der Waals surface area contributed by atoms with Crippen LogP contribution in [0.2, 0.25) is 0 Å². The van der Waals surface area contributed by atoms with Gasteiger partial charge in [-0.15, -0.1) is 0 Å². The Balaban J connectivity index is 3.99. The second kappa shape index (κ2) is 8.02. The maximum absolute atomic E-state index is 11.3. The van der Waals surface area contributed by atoms with Crippen LogP contribution in [0.1, 0.15) is 13.3 Å². The SMILES string of the molecule is CC(CCS(C)=O)NC(=O)N[C@@H](CO)C(=O)O. The van der Waals surface area contributed by atoms with Crippen LogP contribution in [0.4, 0.5) is 4.79 Å². The Morgan fingerprint density at radius 3 is 2.35 bits per heavy atom. The minimum atomic E-state index is -1.32. The standard InChI is InChI=1S/C9H18N2O5S/c1-6(3-4-17(2)16)10-9(15)11-7(5-12)8(13)14/h6-7,12H,3-5H2,1-2H3,(H,13,14)(H2,10,11,15)/t6?,7-,17?/m0/s1. The van der Waals surface area contributed by atoms with Crippen LogP contribution >= 0.6 is 0 Å². The third-order valence-electron chi connectivity index (χ3n) is 2.00. The van der Waals surface area contributed by atoms with Gasteiger partial charge in [-0.3, -0.25) is 4.21 Å². The van der Waals surface area contributed by atoms with E-state index in [1.54, 1.807) is 13.2 Å². The van der Waals surface area contributed by atoms with Gasteiger partial charge in [-0.1, -0.05) is 0 Å². The molecule has 0 heterocycles. The van der Waals surface area contributed by atoms with Crippen molar-refractivity contribution in [3.05, 3.63) is 0 Å². The number of hydrogen-bond acceptors (Lipinski definition) is 4. The molecule has 0 aromatic heterocycles. The van der Waals surface area contributed by atoms with E-state index in [2.05, 4.69) is 10.6 Å². The molecule has 0 bridgehead atoms. The lowest BCUT2D eigenvalue weighted by Gasteiger charge is -2.16. The fourth-order valence-corrected chi connectivity index (χ4v) is 1.71. The molecule has 0 saturated carbocycles. The number of carboxylic acid groups (broad SMARTS) is 1. The van der Waals surface area contributed by atoms with Gasteiger partial charge in [0.1, 0.15) is 0 Å². The summed E-state index contributed by atoms with van der Waals surface area (Å²) in [5.74, 6) is -0.839. The van der Waals surface area contributed by atoms with Crippen LogP contribution in [0.25, 0.3) is 0 Å². The predicted molar refractivity (Wildman–Crippen MR) is 63.2 cm³/mol. The molecule has 0 fully saturated rings. The number of aliphatic carboxylic acids is 1. The van der Waals surface area contributed by atoms with Crippen molar-refractivity contribution in [1.82, 2.24) is 10.6 Å². The van der Waals surface area contributed by atoms with E-state index in [0.717, 1.165) is 0 Å². The lowest BCUT2D eigenvalue weighted by molar-refractivity contribution is -0.140. The molecular formula is C9H18N2O5S. The molecule has 2 unspecified atom stereocenters. The molecule has 17 heavy (non-hydrogen) atoms. The normalized spacial score (nSPS) is 15.7. The van der Waals surface area contributed by atoms with Crippen LogP contribution in [0.3, 0.4) is 0 Å². The van der Waals surface area contributed by atoms with Crippen molar-refractivity contribution in [3.8, 4) is 0 Å². The topological polar surface area (TPSA) is 116 Å². The molecule has 0 aromatic carbocycles. The summed E-state index contributed by atoms with van der Waals surface area (Å²) >= 11 is 0. The predicted octanol–water partition coefficient (Wildman–Crippen LogP) is -1.11. The van der Waals surface area contributed by atoms with E-state index in [0.29, 0.717) is 12.2 Å². The molecule has 4 N–H and O–H groups in total. The molecular weight excluding hydrogens is 248 g/mol. The number of aliphatic hydroxyl groups excluding tert-OH is 1. The molecule has 0 saturated heterocycles. The van der Waals surface area contributed by atoms with Gasteiger partial charge in [0.2, 0.25) is 0 Å². The summed E-state index contributed by atoms with van der Waals surface area (Å²) in [5, 5.41) is 21.9. The van der Waals surface area contributed by atoms with Crippen molar-refractivity contribution < 1.29 is 24.0 Å². The van der Waals surface area contributed by atoms with Gasteiger partial charge in [0.15, 0.2) is 6.04 Å². The van der Waals surface area contributed by atoms with Crippen LogP contribution in [0.15, 0.2) is 0 Å². The fourth-order valence-electron chi connectivity index (χ4n) is 1.02. The van der Waals surface area contributed by atoms with E-state index >= 15 is 0 Å². The molecule has 0 aliphatic rings. The zero-order chi connectivity index (χ0) is 13.4. The molecule has 2 amide bonds. The molecule has 8 heteroatoms. The first kappa shape index (κ1) is 15.9. The zero-order valence-corrected chi connectivity index (χ0v) is 10.6. The van der Waals surface area contributed by atoms with Crippen molar-refractivity contribution in [3.63, 3.8) is 0 Å². The number of rotatable bonds is 7. The van der Waals surface area contributed by atoms with E-state index in [-0.39, 0.29) is 6.04 Å². The highest BCUT2D eigenvalue weighted by Crippen LogP contribution is 1.93. The summed E-state index contributed by atoms with van der Waals surface area (Å²) in [5.41, 5.74) is 0. The third kappa shape index (κ3) is 7.70. The van der Waals surface area contributed by atoms with E-state index < -0.39 is 35.4 Å². The van der Waals surface area contributed by atoms with Gasteiger partial charge in [-0.25, -0.2) is 9.59 Å². The van der Waals surface area contributed by atoms with E-state index in [4.69, 9.17) is 10.2 Å². The van der Waals surface area contributed by atoms with Gasteiger partial charge in [0.25, 0.3) is 0 Å². The van der Waals surface area contributed by atoms with E-state index in [9.17, 15) is 13.8 Å². The van der Waals surface area contributed by atoms with Crippen molar-refractivity contribution in [1.29, 1.82) is 0 Å². The van der Waals surface area contributed by atoms with Gasteiger partial charge >= 0.3 is 12.0 Å². The highest BCUT2D eigenvalue weighted by molar-refractivity contribution is 7.84. The highest BCUT2D eigenvalue weighted by atomic mass is 32.2. The monoisotopic (exact) mass is 266 g/mol. The van der Waals surface area contributed by atoms with Crippen molar-refractivity contribution in [2.75, 3.05) is 18.6 Å². The first-order valence-corrected chi connectivity index (χ1v) is 6.80. The van der Waals surface area contributed by atoms with E-state index in [1.807, 2.05) is 0 Å². The highest BCUT2D eigenvalue weighted by Gasteiger charge is 2.19. The number of urea groups is 1. The van der Waals surface area contributed by atoms with Crippen LogP contribution in [0, 0.1) is 0 Å². The Morgan fingerprint density at radius 1 is 1.35 bits per heavy atom. The number of carbonyl (C=O) groups is 2. The summed E-state index contributed by atoms with van der Waals surface area (Å²) < 4.78 is 10.8. The number of nitrogens with one attached hydrogen (secondary N) is 2. The van der Waals surface area contributed by atoms with Crippen LogP contribution in [0.5, 0.6) is 0 Å². The first-order valence-electron chi connectivity index (χ1n) is 5.07. The van der Waals surface area contributed by atoms with E-state index in [1.165, 1.54) is 0 Å². The summed E-state index contributed by atoms with van der Waals surface area (Å²) in [7, 11) is -0.926. The molecule has 7 nitrogen and oxygen atoms in total. The smallest absolute Gasteiger partial charge is 0.328 e. The molecule has 100 valence electrons. The molecule has 0 radical (unpaired) electrons. The second-order valence-corrected chi connectivity index (χ2v) is 5.21. The Morgan fingerprint density at radius 2 is 1.94 bits per heavy atom. The van der Waals surface area contributed by atoms with Crippen LogP contribution in [-0.4, -0.2) is 57.1 Å². The average Bonchev–Trinajstić information content (AvgIpc) is 2.22. The average molecular weight is 266 g/mol. The minimum absolute atomic E-state index is 0.216. The molecule has 3 atom stereocenters. The molecule has 0 aliphatic carbocycles. The zero-order valence-electron chi connectivity index (χ0n) is 9.80. The fraction of sp³-hybridized carbons (Fsp3) is 0.778. The Bertz CT molecular complexity index is 297. The Hall–Kier alpha value is -1.15. The first-order chi connectivity index (χ1) is 7.86. The molecule has 0 rings (SSSR count). The maximum Gasteiger partial charge on any atom is 0.328 e. The second-order valence-electron chi connectivity index (χ2n) is 3.66. The van der Waals surface area contributed by atoms with Gasteiger partial charge in [-0.2, -0.15) is 0 Å². The summed E-state index contributed by atoms with van der Waals surface area (Å²) in [6.45, 7) is 1.05. The van der Waals surface area contributed by atoms with Crippen LogP contribution in [-0.2, 0) is 15.6 Å². The van der Waals surface area contributed by atoms with Gasteiger partial charge in [-0.05, 0) is 13.3 Å². The third-order valence-corrected chi connectivity index (χ3v) is 2.81. The molecule has 0 aliphatic heterocycles. The number of amides is 2. The lowest BCUT2D eigenvalue weighted by atomic mass is 10.2. The van der Waals surface area contributed by atoms with Crippen molar-refractivity contribution in [2.45, 2.75) is 25.4 Å². The molecule has 0 spiro atoms. The van der Waals surface area contributed by atoms with Crippen LogP contribution < -0.4 is 10.6 Å². The maximum atomic E-state index is 11.3. The van der Waals surface area contributed by atoms with Gasteiger partial charge in [0, 0.05) is 28.9 Å². The minimum Gasteiger partial charge on any atom is -0.480 e. The van der Waals surface area contributed by atoms with Gasteiger partial charge < -0.3 is 20.8 Å². The summed E-state index contributed by atoms with van der Waals surface area (Å²) in [6.07, 6.45) is 2.10. The number of carboxylic acids is 1.